The number of aromatic hydroxyl groups is 2. The van der Waals surface area contributed by atoms with Crippen molar-refractivity contribution in [1.29, 1.82) is 5.26 Å². The van der Waals surface area contributed by atoms with Gasteiger partial charge < -0.3 is 24.4 Å². The van der Waals surface area contributed by atoms with Crippen LogP contribution in [0.3, 0.4) is 0 Å². The molecular formula is C18H23NO6. The first-order valence-corrected chi connectivity index (χ1v) is 8.24. The summed E-state index contributed by atoms with van der Waals surface area (Å²) in [7, 11) is 1.26. The zero-order chi connectivity index (χ0) is 18.3. The summed E-state index contributed by atoms with van der Waals surface area (Å²) >= 11 is 0. The van der Waals surface area contributed by atoms with E-state index >= 15 is 0 Å². The van der Waals surface area contributed by atoms with Crippen molar-refractivity contribution in [2.24, 2.45) is 0 Å². The molecule has 0 aromatic heterocycles. The first-order chi connectivity index (χ1) is 12.0. The third-order valence-electron chi connectivity index (χ3n) is 4.39. The average molecular weight is 349 g/mol. The van der Waals surface area contributed by atoms with Gasteiger partial charge in [-0.25, -0.2) is 0 Å². The lowest BCUT2D eigenvalue weighted by Gasteiger charge is -2.28. The Morgan fingerprint density at radius 1 is 1.40 bits per heavy atom. The second-order valence-corrected chi connectivity index (χ2v) is 6.07. The number of phenols is 2. The lowest BCUT2D eigenvalue weighted by Crippen LogP contribution is -2.31. The monoisotopic (exact) mass is 349 g/mol. The Balaban J connectivity index is 2.16. The Morgan fingerprint density at radius 3 is 2.80 bits per heavy atom. The molecule has 0 spiro atoms. The van der Waals surface area contributed by atoms with Gasteiger partial charge >= 0.3 is 5.97 Å². The number of carbonyl (C=O) groups is 1. The second kappa shape index (κ2) is 8.70. The van der Waals surface area contributed by atoms with Crippen LogP contribution in [0.15, 0.2) is 18.2 Å². The van der Waals surface area contributed by atoms with Gasteiger partial charge in [0.05, 0.1) is 31.6 Å². The molecule has 1 aliphatic heterocycles. The normalized spacial score (nSPS) is 19.6. The van der Waals surface area contributed by atoms with Gasteiger partial charge in [-0.15, -0.1) is 0 Å². The lowest BCUT2D eigenvalue weighted by molar-refractivity contribution is -0.164. The van der Waals surface area contributed by atoms with Gasteiger partial charge in [0.1, 0.15) is 0 Å². The number of hydrogen-bond donors (Lipinski definition) is 2. The molecule has 0 radical (unpaired) electrons. The van der Waals surface area contributed by atoms with Gasteiger partial charge in [0, 0.05) is 6.61 Å². The fourth-order valence-corrected chi connectivity index (χ4v) is 2.84. The number of hydrogen-bond acceptors (Lipinski definition) is 7. The van der Waals surface area contributed by atoms with Gasteiger partial charge in [-0.2, -0.15) is 5.26 Å². The number of nitriles is 1. The third-order valence-corrected chi connectivity index (χ3v) is 4.39. The Bertz CT molecular complexity index is 635. The number of methoxy groups -OCH3 is 1. The van der Waals surface area contributed by atoms with E-state index in [0.29, 0.717) is 12.2 Å². The summed E-state index contributed by atoms with van der Waals surface area (Å²) < 4.78 is 15.9. The van der Waals surface area contributed by atoms with Crippen LogP contribution in [0.1, 0.15) is 37.7 Å². The summed E-state index contributed by atoms with van der Waals surface area (Å²) in [6.45, 7) is 0.874. The molecule has 2 N–H and O–H groups in total. The van der Waals surface area contributed by atoms with E-state index in [2.05, 4.69) is 6.07 Å². The van der Waals surface area contributed by atoms with Crippen LogP contribution in [0.2, 0.25) is 0 Å². The molecule has 2 rings (SSSR count). The van der Waals surface area contributed by atoms with Gasteiger partial charge in [0.25, 0.3) is 0 Å². The maximum Gasteiger partial charge on any atom is 0.307 e. The summed E-state index contributed by atoms with van der Waals surface area (Å²) in [6, 6.07) is 6.26. The molecule has 2 atom stereocenters. The van der Waals surface area contributed by atoms with Crippen LogP contribution in [0.4, 0.5) is 0 Å². The topological polar surface area (TPSA) is 109 Å². The largest absolute Gasteiger partial charge is 0.504 e. The maximum atomic E-state index is 11.8. The summed E-state index contributed by atoms with van der Waals surface area (Å²) in [5.41, 5.74) is -0.809. The first-order valence-electron chi connectivity index (χ1n) is 8.24. The van der Waals surface area contributed by atoms with Crippen molar-refractivity contribution >= 4 is 5.97 Å². The molecule has 1 aliphatic rings. The van der Waals surface area contributed by atoms with E-state index in [1.165, 1.54) is 25.3 Å². The minimum absolute atomic E-state index is 0.181. The Kier molecular flexibility index (Phi) is 6.62. The molecule has 2 unspecified atom stereocenters. The van der Waals surface area contributed by atoms with Crippen molar-refractivity contribution in [3.05, 3.63) is 23.8 Å². The molecule has 0 aliphatic carbocycles. The molecule has 136 valence electrons. The summed E-state index contributed by atoms with van der Waals surface area (Å²) in [5, 5.41) is 29.0. The molecule has 1 saturated heterocycles. The quantitative estimate of drug-likeness (QED) is 0.574. The molecule has 0 saturated carbocycles. The van der Waals surface area contributed by atoms with E-state index < -0.39 is 11.4 Å². The van der Waals surface area contributed by atoms with Crippen molar-refractivity contribution < 1.29 is 29.2 Å². The molecule has 7 heteroatoms. The first kappa shape index (κ1) is 19.0. The molecule has 0 amide bonds. The number of benzene rings is 1. The highest BCUT2D eigenvalue weighted by atomic mass is 16.7. The highest BCUT2D eigenvalue weighted by molar-refractivity contribution is 5.72. The van der Waals surface area contributed by atoms with E-state index in [9.17, 15) is 20.3 Å². The van der Waals surface area contributed by atoms with Gasteiger partial charge in [-0.05, 0) is 43.4 Å². The van der Waals surface area contributed by atoms with Crippen molar-refractivity contribution in [3.63, 3.8) is 0 Å². The number of esters is 1. The fourth-order valence-electron chi connectivity index (χ4n) is 2.84. The highest BCUT2D eigenvalue weighted by Crippen LogP contribution is 2.36. The van der Waals surface area contributed by atoms with Gasteiger partial charge in [-0.3, -0.25) is 4.79 Å². The van der Waals surface area contributed by atoms with Crippen LogP contribution in [-0.4, -0.2) is 42.8 Å². The van der Waals surface area contributed by atoms with Crippen molar-refractivity contribution in [2.75, 3.05) is 20.3 Å². The molecular weight excluding hydrogens is 326 g/mol. The third kappa shape index (κ3) is 4.84. The standard InChI is InChI=1S/C18H23NO6/c1-23-16(22)11-18(12-19,13-5-6-14(20)15(21)10-13)7-9-25-17-4-2-3-8-24-17/h5-6,10,17,20-21H,2-4,7-9,11H2,1H3. The number of phenolic OH excluding ortho intramolecular Hbond substituents is 2. The number of rotatable bonds is 7. The average Bonchev–Trinajstić information content (AvgIpc) is 2.63. The SMILES string of the molecule is COC(=O)CC(C#N)(CCOC1CCCCO1)c1ccc(O)c(O)c1. The fraction of sp³-hybridized carbons (Fsp3) is 0.556. The molecule has 25 heavy (non-hydrogen) atoms. The minimum atomic E-state index is -1.23. The minimum Gasteiger partial charge on any atom is -0.504 e. The molecule has 7 nitrogen and oxygen atoms in total. The van der Waals surface area contributed by atoms with Crippen LogP contribution in [0, 0.1) is 11.3 Å². The molecule has 0 bridgehead atoms. The molecule has 1 aromatic carbocycles. The Morgan fingerprint density at radius 2 is 2.20 bits per heavy atom. The lowest BCUT2D eigenvalue weighted by atomic mass is 9.76. The van der Waals surface area contributed by atoms with Crippen LogP contribution in [0.25, 0.3) is 0 Å². The van der Waals surface area contributed by atoms with E-state index in [4.69, 9.17) is 14.2 Å². The highest BCUT2D eigenvalue weighted by Gasteiger charge is 2.36. The molecule has 1 aromatic rings. The van der Waals surface area contributed by atoms with Gasteiger partial charge in [-0.1, -0.05) is 6.07 Å². The predicted octanol–water partition coefficient (Wildman–Crippen LogP) is 2.36. The van der Waals surface area contributed by atoms with Gasteiger partial charge in [0.2, 0.25) is 0 Å². The van der Waals surface area contributed by atoms with Crippen LogP contribution >= 0.6 is 0 Å². The molecule has 1 heterocycles. The maximum absolute atomic E-state index is 11.8. The van der Waals surface area contributed by atoms with Crippen LogP contribution in [-0.2, 0) is 24.4 Å². The Labute approximate surface area is 146 Å². The number of ether oxygens (including phenoxy) is 3. The van der Waals surface area contributed by atoms with Gasteiger partial charge in [0.15, 0.2) is 17.8 Å². The molecule has 1 fully saturated rings. The van der Waals surface area contributed by atoms with E-state index in [1.807, 2.05) is 0 Å². The summed E-state index contributed by atoms with van der Waals surface area (Å²) in [4.78, 5) is 11.8. The van der Waals surface area contributed by atoms with Crippen molar-refractivity contribution in [1.82, 2.24) is 0 Å². The van der Waals surface area contributed by atoms with E-state index in [-0.39, 0.29) is 37.2 Å². The van der Waals surface area contributed by atoms with Crippen LogP contribution < -0.4 is 0 Å². The smallest absolute Gasteiger partial charge is 0.307 e. The number of nitrogens with zero attached hydrogens (tertiary/aromatic N) is 1. The van der Waals surface area contributed by atoms with Crippen molar-refractivity contribution in [3.8, 4) is 17.6 Å². The summed E-state index contributed by atoms with van der Waals surface area (Å²) in [5.74, 6) is -1.18. The second-order valence-electron chi connectivity index (χ2n) is 6.07. The van der Waals surface area contributed by atoms with E-state index in [0.717, 1.165) is 19.3 Å². The number of carbonyl (C=O) groups excluding carboxylic acids is 1. The van der Waals surface area contributed by atoms with Crippen LogP contribution in [0.5, 0.6) is 11.5 Å². The Hall–Kier alpha value is -2.30. The van der Waals surface area contributed by atoms with Crippen molar-refractivity contribution in [2.45, 2.75) is 43.8 Å². The van der Waals surface area contributed by atoms with E-state index in [1.54, 1.807) is 0 Å². The zero-order valence-corrected chi connectivity index (χ0v) is 14.2. The zero-order valence-electron chi connectivity index (χ0n) is 14.2. The predicted molar refractivity (Wildman–Crippen MR) is 87.9 cm³/mol. The summed E-state index contributed by atoms with van der Waals surface area (Å²) in [6.07, 6.45) is 2.59.